The van der Waals surface area contributed by atoms with Gasteiger partial charge in [0.1, 0.15) is 5.82 Å². The summed E-state index contributed by atoms with van der Waals surface area (Å²) >= 11 is 12.1. The van der Waals surface area contributed by atoms with Crippen LogP contribution in [0.1, 0.15) is 60.6 Å². The molecule has 1 aromatic carbocycles. The van der Waals surface area contributed by atoms with Crippen molar-refractivity contribution in [2.24, 2.45) is 11.3 Å². The molecule has 0 radical (unpaired) electrons. The Morgan fingerprint density at radius 3 is 2.24 bits per heavy atom. The van der Waals surface area contributed by atoms with Gasteiger partial charge in [-0.25, -0.2) is 4.68 Å². The number of halogens is 2. The Bertz CT molecular complexity index is 960. The standard InChI is InChI=1S/C25H36Cl2N4O2/c1-17(2)12-13-30(23(33)25(6,7)16-26)15-22(32)28-21-14-20(24(3,4)5)29-31(21)19-10-8-18(27)9-11-19/h8-11,14,17H,12-13,15-16H2,1-7H3,(H,28,32). The van der Waals surface area contributed by atoms with E-state index in [1.165, 1.54) is 0 Å². The zero-order valence-corrected chi connectivity index (χ0v) is 22.2. The van der Waals surface area contributed by atoms with Crippen LogP contribution < -0.4 is 5.32 Å². The molecule has 0 unspecified atom stereocenters. The van der Waals surface area contributed by atoms with E-state index in [0.29, 0.717) is 23.3 Å². The van der Waals surface area contributed by atoms with Gasteiger partial charge in [0.05, 0.1) is 23.3 Å². The molecule has 6 nitrogen and oxygen atoms in total. The number of alkyl halides is 1. The maximum atomic E-state index is 13.1. The highest BCUT2D eigenvalue weighted by atomic mass is 35.5. The van der Waals surface area contributed by atoms with Crippen molar-refractivity contribution in [2.45, 2.75) is 60.3 Å². The van der Waals surface area contributed by atoms with Gasteiger partial charge in [-0.3, -0.25) is 9.59 Å². The molecular formula is C25H36Cl2N4O2. The average molecular weight is 495 g/mol. The monoisotopic (exact) mass is 494 g/mol. The lowest BCUT2D eigenvalue weighted by Crippen LogP contribution is -2.46. The summed E-state index contributed by atoms with van der Waals surface area (Å²) in [5.74, 6) is 0.718. The minimum absolute atomic E-state index is 0.0531. The zero-order valence-electron chi connectivity index (χ0n) is 20.7. The van der Waals surface area contributed by atoms with E-state index in [1.807, 2.05) is 18.2 Å². The molecule has 1 N–H and O–H groups in total. The number of rotatable bonds is 9. The molecule has 1 aromatic heterocycles. The van der Waals surface area contributed by atoms with E-state index in [2.05, 4.69) is 39.9 Å². The van der Waals surface area contributed by atoms with Crippen LogP contribution in [-0.4, -0.2) is 45.5 Å². The van der Waals surface area contributed by atoms with E-state index < -0.39 is 5.41 Å². The number of aromatic nitrogens is 2. The number of hydrogen-bond donors (Lipinski definition) is 1. The third kappa shape index (κ3) is 7.47. The predicted octanol–water partition coefficient (Wildman–Crippen LogP) is 5.90. The second-order valence-corrected chi connectivity index (χ2v) is 11.2. The molecule has 0 bridgehead atoms. The van der Waals surface area contributed by atoms with E-state index in [1.54, 1.807) is 35.6 Å². The molecule has 0 saturated heterocycles. The third-order valence-electron chi connectivity index (χ3n) is 5.33. The highest BCUT2D eigenvalue weighted by Crippen LogP contribution is 2.27. The summed E-state index contributed by atoms with van der Waals surface area (Å²) in [6.45, 7) is 14.4. The molecule has 0 atom stereocenters. The van der Waals surface area contributed by atoms with Crippen LogP contribution in [0, 0.1) is 11.3 Å². The number of amides is 2. The van der Waals surface area contributed by atoms with E-state index in [4.69, 9.17) is 28.3 Å². The minimum Gasteiger partial charge on any atom is -0.333 e. The summed E-state index contributed by atoms with van der Waals surface area (Å²) < 4.78 is 1.69. The lowest BCUT2D eigenvalue weighted by Gasteiger charge is -2.30. The Balaban J connectivity index is 2.31. The fourth-order valence-corrected chi connectivity index (χ4v) is 3.36. The fourth-order valence-electron chi connectivity index (χ4n) is 3.12. The molecule has 0 spiro atoms. The van der Waals surface area contributed by atoms with Gasteiger partial charge in [0.25, 0.3) is 0 Å². The van der Waals surface area contributed by atoms with E-state index >= 15 is 0 Å². The van der Waals surface area contributed by atoms with Gasteiger partial charge in [-0.05, 0) is 50.5 Å². The lowest BCUT2D eigenvalue weighted by molar-refractivity contribution is -0.141. The van der Waals surface area contributed by atoms with Crippen molar-refractivity contribution in [3.05, 3.63) is 41.0 Å². The van der Waals surface area contributed by atoms with Gasteiger partial charge in [0.15, 0.2) is 0 Å². The maximum absolute atomic E-state index is 13.1. The average Bonchev–Trinajstić information content (AvgIpc) is 3.15. The molecule has 2 rings (SSSR count). The number of hydrogen-bond acceptors (Lipinski definition) is 3. The molecular weight excluding hydrogens is 459 g/mol. The molecule has 0 aliphatic rings. The van der Waals surface area contributed by atoms with Crippen molar-refractivity contribution >= 4 is 40.8 Å². The molecule has 0 fully saturated rings. The molecule has 182 valence electrons. The second kappa shape index (κ2) is 10.9. The lowest BCUT2D eigenvalue weighted by atomic mass is 9.92. The Kier molecular flexibility index (Phi) is 9.00. The van der Waals surface area contributed by atoms with Crippen LogP contribution >= 0.6 is 23.2 Å². The van der Waals surface area contributed by atoms with Crippen molar-refractivity contribution in [3.8, 4) is 5.69 Å². The fraction of sp³-hybridized carbons (Fsp3) is 0.560. The van der Waals surface area contributed by atoms with Crippen LogP contribution in [0.3, 0.4) is 0 Å². The Labute approximate surface area is 207 Å². The zero-order chi connectivity index (χ0) is 25.0. The molecule has 8 heteroatoms. The first kappa shape index (κ1) is 27.2. The SMILES string of the molecule is CC(C)CCN(CC(=O)Nc1cc(C(C)(C)C)nn1-c1ccc(Cl)cc1)C(=O)C(C)(C)CCl. The van der Waals surface area contributed by atoms with E-state index in [-0.39, 0.29) is 29.7 Å². The molecule has 2 amide bonds. The quantitative estimate of drug-likeness (QED) is 0.441. The molecule has 0 aliphatic carbocycles. The first-order valence-electron chi connectivity index (χ1n) is 11.3. The first-order chi connectivity index (χ1) is 15.2. The van der Waals surface area contributed by atoms with Crippen LogP contribution in [0.4, 0.5) is 5.82 Å². The number of benzene rings is 1. The van der Waals surface area contributed by atoms with Gasteiger partial charge < -0.3 is 10.2 Å². The van der Waals surface area contributed by atoms with Crippen LogP contribution in [0.25, 0.3) is 5.69 Å². The highest BCUT2D eigenvalue weighted by molar-refractivity contribution is 6.30. The van der Waals surface area contributed by atoms with Gasteiger partial charge in [0, 0.05) is 28.9 Å². The van der Waals surface area contributed by atoms with Crippen molar-refractivity contribution in [1.29, 1.82) is 0 Å². The van der Waals surface area contributed by atoms with Gasteiger partial charge >= 0.3 is 0 Å². The Hall–Kier alpha value is -2.05. The number of nitrogens with one attached hydrogen (secondary N) is 1. The van der Waals surface area contributed by atoms with E-state index in [9.17, 15) is 9.59 Å². The van der Waals surface area contributed by atoms with E-state index in [0.717, 1.165) is 17.8 Å². The van der Waals surface area contributed by atoms with Gasteiger partial charge in [0.2, 0.25) is 11.8 Å². The van der Waals surface area contributed by atoms with Crippen molar-refractivity contribution in [2.75, 3.05) is 24.3 Å². The summed E-state index contributed by atoms with van der Waals surface area (Å²) in [5.41, 5.74) is 0.661. The van der Waals surface area contributed by atoms with Crippen molar-refractivity contribution in [1.82, 2.24) is 14.7 Å². The summed E-state index contributed by atoms with van der Waals surface area (Å²) in [7, 11) is 0. The third-order valence-corrected chi connectivity index (χ3v) is 6.25. The highest BCUT2D eigenvalue weighted by Gasteiger charge is 2.32. The molecule has 33 heavy (non-hydrogen) atoms. The number of anilines is 1. The molecule has 0 aliphatic heterocycles. The number of carbonyl (C=O) groups is 2. The molecule has 2 aromatic rings. The second-order valence-electron chi connectivity index (χ2n) is 10.5. The molecule has 0 saturated carbocycles. The summed E-state index contributed by atoms with van der Waals surface area (Å²) in [6.07, 6.45) is 0.800. The van der Waals surface area contributed by atoms with Gasteiger partial charge in [-0.2, -0.15) is 5.10 Å². The largest absolute Gasteiger partial charge is 0.333 e. The van der Waals surface area contributed by atoms with Crippen LogP contribution in [-0.2, 0) is 15.0 Å². The Morgan fingerprint density at radius 2 is 1.73 bits per heavy atom. The molecule has 1 heterocycles. The number of carbonyl (C=O) groups excluding carboxylic acids is 2. The Morgan fingerprint density at radius 1 is 1.12 bits per heavy atom. The smallest absolute Gasteiger partial charge is 0.245 e. The van der Waals surface area contributed by atoms with Crippen LogP contribution in [0.2, 0.25) is 5.02 Å². The summed E-state index contributed by atoms with van der Waals surface area (Å²) in [6, 6.07) is 9.12. The van der Waals surface area contributed by atoms with Crippen LogP contribution in [0.15, 0.2) is 30.3 Å². The first-order valence-corrected chi connectivity index (χ1v) is 12.2. The van der Waals surface area contributed by atoms with Crippen molar-refractivity contribution < 1.29 is 9.59 Å². The summed E-state index contributed by atoms with van der Waals surface area (Å²) in [4.78, 5) is 27.8. The van der Waals surface area contributed by atoms with Gasteiger partial charge in [-0.1, -0.05) is 46.2 Å². The van der Waals surface area contributed by atoms with Crippen molar-refractivity contribution in [3.63, 3.8) is 0 Å². The number of nitrogens with zero attached hydrogens (tertiary/aromatic N) is 3. The summed E-state index contributed by atoms with van der Waals surface area (Å²) in [5, 5.41) is 8.30. The topological polar surface area (TPSA) is 67.2 Å². The van der Waals surface area contributed by atoms with Crippen LogP contribution in [0.5, 0.6) is 0 Å². The minimum atomic E-state index is -0.747. The maximum Gasteiger partial charge on any atom is 0.245 e. The van der Waals surface area contributed by atoms with Gasteiger partial charge in [-0.15, -0.1) is 11.6 Å². The normalized spacial score (nSPS) is 12.2. The predicted molar refractivity (Wildman–Crippen MR) is 136 cm³/mol.